The zero-order chi connectivity index (χ0) is 67.5. The Morgan fingerprint density at radius 1 is 0.404 bits per heavy atom. The Labute approximate surface area is 541 Å². The summed E-state index contributed by atoms with van der Waals surface area (Å²) in [6.07, 6.45) is 11.9. The highest BCUT2D eigenvalue weighted by molar-refractivity contribution is 6.26. The van der Waals surface area contributed by atoms with Gasteiger partial charge in [0.05, 0.1) is 0 Å². The van der Waals surface area contributed by atoms with Gasteiger partial charge in [-0.25, -0.2) is 0 Å². The Morgan fingerprint density at radius 3 is 0.888 bits per heavy atom. The fourth-order valence-corrected chi connectivity index (χ4v) is 10.4. The smallest absolute Gasteiger partial charge is 0.411 e. The molecule has 516 valence electrons. The van der Waals surface area contributed by atoms with Crippen molar-refractivity contribution in [2.24, 2.45) is 40.9 Å². The van der Waals surface area contributed by atoms with Crippen molar-refractivity contribution in [3.05, 3.63) is 117 Å². The number of hydrogen-bond donors (Lipinski definition) is 7. The number of alkyl halides is 6. The second-order valence-electron chi connectivity index (χ2n) is 25.7. The summed E-state index contributed by atoms with van der Waals surface area (Å²) in [6.45, 7) is 32.1. The Kier molecular flexibility index (Phi) is 49.3. The zero-order valence-electron chi connectivity index (χ0n) is 57.5. The third-order valence-electron chi connectivity index (χ3n) is 15.6. The molecule has 0 aromatic heterocycles. The summed E-state index contributed by atoms with van der Waals surface area (Å²) in [5, 5.41) is 40.7. The van der Waals surface area contributed by atoms with Crippen molar-refractivity contribution in [2.75, 3.05) is 26.7 Å². The van der Waals surface area contributed by atoms with Crippen LogP contribution in [0.5, 0.6) is 23.0 Å². The van der Waals surface area contributed by atoms with Crippen LogP contribution in [0.2, 0.25) is 6.04 Å². The SMILES string of the molecule is C.CC(C)CCc1cc(C(C)(C)c2ccc(O)c(CCC(C)C)c2)ccc1O.CC(C)CCc1cc(C(c2ccc(O)c(CCC(C)C)c2)(C(F)(F)F)C(F)(F)F)ccc1O.CCCCCCN.CCCCCCN.CCCCCN.CCCCC[SiH2]OC. The molecular formula is C74H129F6N3O5Si. The highest BCUT2D eigenvalue weighted by Gasteiger charge is 2.72. The normalized spacial score (nSPS) is 11.7. The number of benzene rings is 4. The molecule has 0 radical (unpaired) electrons. The van der Waals surface area contributed by atoms with E-state index >= 15 is 0 Å². The van der Waals surface area contributed by atoms with Crippen LogP contribution in [0.25, 0.3) is 0 Å². The van der Waals surface area contributed by atoms with E-state index in [2.05, 4.69) is 81.4 Å². The standard InChI is InChI=1S/C25H30F6O2.C25H36O2.2C6H15N.C6H16OSi.C5H13N.CH4/c1-15(2)5-7-17-13-19(9-11-21(17)32)23(24(26,27)28,25(29,30)31)20-10-12-22(33)18(14-20)8-6-16(3)4;1-17(2)7-9-19-15-21(11-13-23(19)26)25(5,6)22-12-14-24(27)20(16-22)10-8-18(3)4;2*1-2-3-4-5-6-7;1-3-4-5-6-8-7-2;1-2-3-4-5-6;/h9-16,32-33H,5-8H2,1-4H3;11-18,26-27H,7-10H2,1-6H3;2*2-7H2,1H3;3-6,8H2,1-2H3;2-6H2,1H3;1H4. The second-order valence-corrected chi connectivity index (χ2v) is 27.4. The summed E-state index contributed by atoms with van der Waals surface area (Å²) in [5.41, 5.74) is 13.7. The summed E-state index contributed by atoms with van der Waals surface area (Å²) >= 11 is 0. The van der Waals surface area contributed by atoms with E-state index in [1.165, 1.54) is 107 Å². The van der Waals surface area contributed by atoms with Gasteiger partial charge >= 0.3 is 12.4 Å². The molecule has 4 rings (SSSR count). The Hall–Kier alpha value is -4.28. The van der Waals surface area contributed by atoms with Gasteiger partial charge in [0.2, 0.25) is 5.41 Å². The maximum Gasteiger partial charge on any atom is 0.411 e. The molecule has 8 nitrogen and oxygen atoms in total. The molecule has 0 fully saturated rings. The number of rotatable bonds is 32. The molecule has 10 N–H and O–H groups in total. The average molecular weight is 1280 g/mol. The topological polar surface area (TPSA) is 168 Å². The van der Waals surface area contributed by atoms with Crippen LogP contribution in [0.1, 0.15) is 264 Å². The Balaban J connectivity index is -0.00000116. The molecule has 0 heterocycles. The summed E-state index contributed by atoms with van der Waals surface area (Å²) in [4.78, 5) is 0. The number of halogens is 6. The van der Waals surface area contributed by atoms with Gasteiger partial charge in [-0.15, -0.1) is 0 Å². The van der Waals surface area contributed by atoms with Gasteiger partial charge < -0.3 is 42.1 Å². The van der Waals surface area contributed by atoms with E-state index in [-0.39, 0.29) is 69.9 Å². The van der Waals surface area contributed by atoms with Crippen molar-refractivity contribution in [1.29, 1.82) is 0 Å². The number of aryl methyl sites for hydroxylation is 4. The number of phenols is 4. The van der Waals surface area contributed by atoms with Gasteiger partial charge in [-0.05, 0) is 189 Å². The molecule has 0 unspecified atom stereocenters. The molecule has 4 aromatic rings. The van der Waals surface area contributed by atoms with E-state index in [1.54, 1.807) is 0 Å². The Bertz CT molecular complexity index is 2210. The molecule has 0 aliphatic heterocycles. The minimum absolute atomic E-state index is 0. The zero-order valence-corrected chi connectivity index (χ0v) is 58.9. The fraction of sp³-hybridized carbons (Fsp3) is 0.676. The molecule has 89 heavy (non-hydrogen) atoms. The van der Waals surface area contributed by atoms with E-state index in [1.807, 2.05) is 59.1 Å². The van der Waals surface area contributed by atoms with E-state index in [0.29, 0.717) is 48.3 Å². The van der Waals surface area contributed by atoms with Gasteiger partial charge in [-0.1, -0.05) is 224 Å². The third-order valence-corrected chi connectivity index (χ3v) is 16.8. The van der Waals surface area contributed by atoms with Crippen molar-refractivity contribution >= 4 is 9.76 Å². The largest absolute Gasteiger partial charge is 0.508 e. The van der Waals surface area contributed by atoms with Crippen molar-refractivity contribution in [3.8, 4) is 23.0 Å². The van der Waals surface area contributed by atoms with Crippen molar-refractivity contribution in [3.63, 3.8) is 0 Å². The highest BCUT2D eigenvalue weighted by atomic mass is 28.2. The van der Waals surface area contributed by atoms with Crippen LogP contribution in [0.15, 0.2) is 72.8 Å². The lowest BCUT2D eigenvalue weighted by molar-refractivity contribution is -0.288. The van der Waals surface area contributed by atoms with Crippen molar-refractivity contribution in [2.45, 2.75) is 275 Å². The summed E-state index contributed by atoms with van der Waals surface area (Å²) in [7, 11) is 1.72. The number of phenolic OH excluding ortho intramolecular Hbond substituents is 4. The minimum atomic E-state index is -5.73. The molecule has 0 aliphatic rings. The first-order valence-electron chi connectivity index (χ1n) is 33.4. The van der Waals surface area contributed by atoms with Gasteiger partial charge in [0.1, 0.15) is 23.0 Å². The van der Waals surface area contributed by atoms with Crippen LogP contribution < -0.4 is 17.2 Å². The number of aromatic hydroxyl groups is 4. The molecule has 0 saturated heterocycles. The molecule has 4 aromatic carbocycles. The van der Waals surface area contributed by atoms with Crippen molar-refractivity contribution in [1.82, 2.24) is 0 Å². The molecule has 0 atom stereocenters. The van der Waals surface area contributed by atoms with Crippen LogP contribution in [0.4, 0.5) is 26.3 Å². The predicted octanol–water partition coefficient (Wildman–Crippen LogP) is 20.4. The number of nitrogens with two attached hydrogens (primary N) is 3. The lowest BCUT2D eigenvalue weighted by Crippen LogP contribution is -2.54. The van der Waals surface area contributed by atoms with Gasteiger partial charge in [-0.3, -0.25) is 0 Å². The first-order valence-corrected chi connectivity index (χ1v) is 35.0. The molecule has 15 heteroatoms. The van der Waals surface area contributed by atoms with Crippen LogP contribution in [0.3, 0.4) is 0 Å². The molecular weight excluding hydrogens is 1150 g/mol. The summed E-state index contributed by atoms with van der Waals surface area (Å²) in [6, 6.07) is 18.1. The van der Waals surface area contributed by atoms with Gasteiger partial charge in [0, 0.05) is 12.5 Å². The van der Waals surface area contributed by atoms with Crippen LogP contribution in [-0.4, -0.2) is 69.3 Å². The summed E-state index contributed by atoms with van der Waals surface area (Å²) < 4.78 is 92.0. The quantitative estimate of drug-likeness (QED) is 0.0144. The average Bonchev–Trinajstić information content (AvgIpc) is 0.722. The van der Waals surface area contributed by atoms with Crippen LogP contribution >= 0.6 is 0 Å². The predicted molar refractivity (Wildman–Crippen MR) is 372 cm³/mol. The maximum absolute atomic E-state index is 14.5. The first kappa shape index (κ1) is 88.9. The lowest BCUT2D eigenvalue weighted by atomic mass is 9.71. The maximum atomic E-state index is 14.5. The van der Waals surface area contributed by atoms with E-state index in [4.69, 9.17) is 21.6 Å². The molecule has 0 bridgehead atoms. The van der Waals surface area contributed by atoms with Gasteiger partial charge in [-0.2, -0.15) is 26.3 Å². The van der Waals surface area contributed by atoms with E-state index in [0.717, 1.165) is 80.7 Å². The fourth-order valence-electron chi connectivity index (χ4n) is 9.52. The molecule has 0 amide bonds. The first-order chi connectivity index (χ1) is 41.4. The monoisotopic (exact) mass is 1280 g/mol. The minimum Gasteiger partial charge on any atom is -0.508 e. The van der Waals surface area contributed by atoms with Gasteiger partial charge in [0.25, 0.3) is 0 Å². The second kappa shape index (κ2) is 49.4. The van der Waals surface area contributed by atoms with E-state index < -0.39 is 28.9 Å². The summed E-state index contributed by atoms with van der Waals surface area (Å²) in [5.74, 6) is 1.59. The number of unbranched alkanes of at least 4 members (excludes halogenated alkanes) is 10. The molecule has 0 spiro atoms. The molecule has 0 saturated carbocycles. The lowest BCUT2D eigenvalue weighted by Gasteiger charge is -2.39. The van der Waals surface area contributed by atoms with Gasteiger partial charge in [0.15, 0.2) is 9.76 Å². The van der Waals surface area contributed by atoms with E-state index in [9.17, 15) is 46.8 Å². The highest BCUT2D eigenvalue weighted by Crippen LogP contribution is 2.57. The Morgan fingerprint density at radius 2 is 0.652 bits per heavy atom. The van der Waals surface area contributed by atoms with Crippen LogP contribution in [-0.2, 0) is 40.9 Å². The van der Waals surface area contributed by atoms with Crippen LogP contribution in [0, 0.1) is 23.7 Å². The number of hydrogen-bond acceptors (Lipinski definition) is 8. The molecule has 0 aliphatic carbocycles. The van der Waals surface area contributed by atoms with Crippen molar-refractivity contribution < 1.29 is 51.2 Å². The third kappa shape index (κ3) is 35.4.